The Kier molecular flexibility index (Phi) is 6.76. The predicted molar refractivity (Wildman–Crippen MR) is 78.6 cm³/mol. The van der Waals surface area contributed by atoms with Crippen LogP contribution in [0.4, 0.5) is 5.69 Å². The van der Waals surface area contributed by atoms with Crippen LogP contribution >= 0.6 is 0 Å². The molecule has 0 unspecified atom stereocenters. The molecule has 1 aromatic carbocycles. The van der Waals surface area contributed by atoms with Crippen molar-refractivity contribution >= 4 is 5.69 Å². The summed E-state index contributed by atoms with van der Waals surface area (Å²) in [6, 6.07) is 7.81. The molecule has 0 saturated carbocycles. The number of nitrogens with one attached hydrogen (secondary N) is 1. The second-order valence-electron chi connectivity index (χ2n) is 4.23. The summed E-state index contributed by atoms with van der Waals surface area (Å²) in [7, 11) is 0. The summed E-state index contributed by atoms with van der Waals surface area (Å²) in [5.74, 6) is 0.663. The molecule has 104 valence electrons. The van der Waals surface area contributed by atoms with Crippen molar-refractivity contribution < 1.29 is 4.74 Å². The molecule has 0 aromatic heterocycles. The van der Waals surface area contributed by atoms with E-state index in [1.807, 2.05) is 25.1 Å². The molecule has 0 heterocycles. The molecule has 0 bridgehead atoms. The number of benzene rings is 1. The van der Waals surface area contributed by atoms with Crippen LogP contribution in [0.25, 0.3) is 0 Å². The highest BCUT2D eigenvalue weighted by atomic mass is 16.5. The van der Waals surface area contributed by atoms with Gasteiger partial charge in [-0.15, -0.1) is 0 Å². The standard InChI is InChI=1S/C15H23N3O/c1-4-17-14-7-8-15(13(11-14)12-16)19-10-9-18(5-2)6-3/h7-8,11,17H,4-6,9-10H2,1-3H3. The molecule has 0 spiro atoms. The highest BCUT2D eigenvalue weighted by Gasteiger charge is 2.05. The zero-order valence-corrected chi connectivity index (χ0v) is 12.1. The highest BCUT2D eigenvalue weighted by molar-refractivity contribution is 5.55. The number of hydrogen-bond donors (Lipinski definition) is 1. The van der Waals surface area contributed by atoms with Crippen molar-refractivity contribution in [2.24, 2.45) is 0 Å². The highest BCUT2D eigenvalue weighted by Crippen LogP contribution is 2.22. The number of hydrogen-bond acceptors (Lipinski definition) is 4. The number of ether oxygens (including phenoxy) is 1. The zero-order chi connectivity index (χ0) is 14.1. The molecule has 0 atom stereocenters. The van der Waals surface area contributed by atoms with Crippen LogP contribution in [0.2, 0.25) is 0 Å². The summed E-state index contributed by atoms with van der Waals surface area (Å²) in [6.07, 6.45) is 0. The molecule has 1 aromatic rings. The van der Waals surface area contributed by atoms with Gasteiger partial charge in [-0.25, -0.2) is 0 Å². The van der Waals surface area contributed by atoms with Crippen molar-refractivity contribution in [3.63, 3.8) is 0 Å². The SMILES string of the molecule is CCNc1ccc(OCCN(CC)CC)c(C#N)c1. The first-order chi connectivity index (χ1) is 9.24. The van der Waals surface area contributed by atoms with Crippen molar-refractivity contribution in [1.29, 1.82) is 5.26 Å². The fourth-order valence-electron chi connectivity index (χ4n) is 1.88. The third-order valence-corrected chi connectivity index (χ3v) is 3.04. The van der Waals surface area contributed by atoms with Gasteiger partial charge in [-0.1, -0.05) is 13.8 Å². The van der Waals surface area contributed by atoms with E-state index < -0.39 is 0 Å². The normalized spacial score (nSPS) is 10.3. The van der Waals surface area contributed by atoms with E-state index in [2.05, 4.69) is 30.1 Å². The monoisotopic (exact) mass is 261 g/mol. The number of anilines is 1. The fraction of sp³-hybridized carbons (Fsp3) is 0.533. The summed E-state index contributed by atoms with van der Waals surface area (Å²) in [5.41, 5.74) is 1.54. The lowest BCUT2D eigenvalue weighted by atomic mass is 10.2. The van der Waals surface area contributed by atoms with Gasteiger partial charge in [-0.2, -0.15) is 5.26 Å². The average molecular weight is 261 g/mol. The van der Waals surface area contributed by atoms with Gasteiger partial charge in [0.25, 0.3) is 0 Å². The van der Waals surface area contributed by atoms with Crippen LogP contribution in [0.3, 0.4) is 0 Å². The molecule has 4 nitrogen and oxygen atoms in total. The largest absolute Gasteiger partial charge is 0.491 e. The fourth-order valence-corrected chi connectivity index (χ4v) is 1.88. The molecule has 0 aliphatic carbocycles. The van der Waals surface area contributed by atoms with Crippen LogP contribution < -0.4 is 10.1 Å². The van der Waals surface area contributed by atoms with Gasteiger partial charge in [0, 0.05) is 18.8 Å². The van der Waals surface area contributed by atoms with Crippen LogP contribution in [-0.2, 0) is 0 Å². The summed E-state index contributed by atoms with van der Waals surface area (Å²) in [5, 5.41) is 12.3. The molecule has 19 heavy (non-hydrogen) atoms. The quantitative estimate of drug-likeness (QED) is 0.781. The van der Waals surface area contributed by atoms with Gasteiger partial charge >= 0.3 is 0 Å². The first-order valence-corrected chi connectivity index (χ1v) is 6.88. The van der Waals surface area contributed by atoms with E-state index in [9.17, 15) is 0 Å². The predicted octanol–water partition coefficient (Wildman–Crippen LogP) is 2.71. The molecule has 0 aliphatic heterocycles. The van der Waals surface area contributed by atoms with Gasteiger partial charge in [-0.3, -0.25) is 0 Å². The molecular weight excluding hydrogens is 238 g/mol. The third kappa shape index (κ3) is 4.80. The molecule has 0 saturated heterocycles. The molecule has 0 radical (unpaired) electrons. The van der Waals surface area contributed by atoms with Crippen molar-refractivity contribution in [1.82, 2.24) is 4.90 Å². The Morgan fingerprint density at radius 2 is 2.00 bits per heavy atom. The second kappa shape index (κ2) is 8.39. The Hall–Kier alpha value is -1.73. The van der Waals surface area contributed by atoms with Gasteiger partial charge in [0.15, 0.2) is 0 Å². The van der Waals surface area contributed by atoms with E-state index in [1.54, 1.807) is 0 Å². The summed E-state index contributed by atoms with van der Waals surface area (Å²) in [6.45, 7) is 10.7. The Bertz CT molecular complexity index is 422. The van der Waals surface area contributed by atoms with Crippen LogP contribution in [0, 0.1) is 11.3 Å². The lowest BCUT2D eigenvalue weighted by Gasteiger charge is -2.18. The molecule has 1 N–H and O–H groups in total. The van der Waals surface area contributed by atoms with Crippen molar-refractivity contribution in [2.75, 3.05) is 38.1 Å². The summed E-state index contributed by atoms with van der Waals surface area (Å²) < 4.78 is 5.70. The Morgan fingerprint density at radius 3 is 2.58 bits per heavy atom. The Balaban J connectivity index is 2.61. The number of rotatable bonds is 8. The minimum atomic E-state index is 0.581. The van der Waals surface area contributed by atoms with Crippen LogP contribution in [0.1, 0.15) is 26.3 Å². The topological polar surface area (TPSA) is 48.3 Å². The van der Waals surface area contributed by atoms with E-state index in [1.165, 1.54) is 0 Å². The van der Waals surface area contributed by atoms with E-state index in [4.69, 9.17) is 10.00 Å². The van der Waals surface area contributed by atoms with E-state index in [-0.39, 0.29) is 0 Å². The third-order valence-electron chi connectivity index (χ3n) is 3.04. The van der Waals surface area contributed by atoms with Crippen LogP contribution in [0.5, 0.6) is 5.75 Å². The smallest absolute Gasteiger partial charge is 0.137 e. The molecule has 0 aliphatic rings. The van der Waals surface area contributed by atoms with E-state index in [0.717, 1.165) is 31.9 Å². The maximum atomic E-state index is 9.14. The lowest BCUT2D eigenvalue weighted by Crippen LogP contribution is -2.28. The summed E-state index contributed by atoms with van der Waals surface area (Å²) in [4.78, 5) is 2.29. The van der Waals surface area contributed by atoms with Crippen LogP contribution in [0.15, 0.2) is 18.2 Å². The number of likely N-dealkylation sites (N-methyl/N-ethyl adjacent to an activating group) is 1. The molecule has 4 heteroatoms. The second-order valence-corrected chi connectivity index (χ2v) is 4.23. The molecule has 0 amide bonds. The minimum absolute atomic E-state index is 0.581. The molecule has 1 rings (SSSR count). The number of nitriles is 1. The maximum absolute atomic E-state index is 9.14. The van der Waals surface area contributed by atoms with Gasteiger partial charge in [0.2, 0.25) is 0 Å². The van der Waals surface area contributed by atoms with Gasteiger partial charge in [0.1, 0.15) is 18.4 Å². The van der Waals surface area contributed by atoms with E-state index >= 15 is 0 Å². The minimum Gasteiger partial charge on any atom is -0.491 e. The van der Waals surface area contributed by atoms with E-state index in [0.29, 0.717) is 17.9 Å². The maximum Gasteiger partial charge on any atom is 0.137 e. The average Bonchev–Trinajstić information content (AvgIpc) is 2.45. The van der Waals surface area contributed by atoms with Gasteiger partial charge in [-0.05, 0) is 38.2 Å². The zero-order valence-electron chi connectivity index (χ0n) is 12.1. The van der Waals surface area contributed by atoms with Gasteiger partial charge < -0.3 is 15.0 Å². The molecular formula is C15H23N3O. The van der Waals surface area contributed by atoms with Gasteiger partial charge in [0.05, 0.1) is 5.56 Å². The Labute approximate surface area is 116 Å². The van der Waals surface area contributed by atoms with Crippen LogP contribution in [-0.4, -0.2) is 37.7 Å². The number of nitrogens with zero attached hydrogens (tertiary/aromatic N) is 2. The first kappa shape index (κ1) is 15.3. The Morgan fingerprint density at radius 1 is 1.26 bits per heavy atom. The van der Waals surface area contributed by atoms with Crippen molar-refractivity contribution in [3.05, 3.63) is 23.8 Å². The lowest BCUT2D eigenvalue weighted by molar-refractivity contribution is 0.222. The first-order valence-electron chi connectivity index (χ1n) is 6.88. The van der Waals surface area contributed by atoms with Crippen molar-refractivity contribution in [2.45, 2.75) is 20.8 Å². The van der Waals surface area contributed by atoms with Crippen molar-refractivity contribution in [3.8, 4) is 11.8 Å². The molecule has 0 fully saturated rings. The summed E-state index contributed by atoms with van der Waals surface area (Å²) >= 11 is 0.